The maximum absolute atomic E-state index is 14.0. The zero-order valence-corrected chi connectivity index (χ0v) is 19.1. The number of rotatable bonds is 8. The van der Waals surface area contributed by atoms with E-state index < -0.39 is 28.8 Å². The van der Waals surface area contributed by atoms with Crippen LogP contribution in [0.3, 0.4) is 0 Å². The van der Waals surface area contributed by atoms with Crippen molar-refractivity contribution in [2.45, 2.75) is 33.0 Å². The highest BCUT2D eigenvalue weighted by Gasteiger charge is 2.36. The molecule has 0 aromatic heterocycles. The average Bonchev–Trinajstić information content (AvgIpc) is 2.83. The van der Waals surface area contributed by atoms with Gasteiger partial charge in [0, 0.05) is 24.2 Å². The normalized spacial score (nSPS) is 12.5. The van der Waals surface area contributed by atoms with Crippen molar-refractivity contribution >= 4 is 11.5 Å². The third-order valence-corrected chi connectivity index (χ3v) is 5.78. The van der Waals surface area contributed by atoms with E-state index in [2.05, 4.69) is 5.32 Å². The van der Waals surface area contributed by atoms with Crippen LogP contribution >= 0.6 is 0 Å². The zero-order valence-electron chi connectivity index (χ0n) is 19.1. The average molecular weight is 472 g/mol. The van der Waals surface area contributed by atoms with Crippen molar-refractivity contribution in [3.05, 3.63) is 94.0 Å². The first-order valence-electron chi connectivity index (χ1n) is 11.0. The number of nitrogens with one attached hydrogen (secondary N) is 1. The quantitative estimate of drug-likeness (QED) is 0.178. The van der Waals surface area contributed by atoms with Gasteiger partial charge in [0.05, 0.1) is 12.2 Å². The van der Waals surface area contributed by atoms with Gasteiger partial charge in [0.15, 0.2) is 11.5 Å². The minimum atomic E-state index is -4.75. The number of aryl methyl sites for hydroxylation is 1. The van der Waals surface area contributed by atoms with Gasteiger partial charge in [-0.2, -0.15) is 13.2 Å². The first kappa shape index (κ1) is 25.3. The van der Waals surface area contributed by atoms with Crippen molar-refractivity contribution in [2.24, 2.45) is 0 Å². The molecule has 34 heavy (non-hydrogen) atoms. The molecular formula is C27H28F3NO3. The number of hydrogen-bond acceptors (Lipinski definition) is 4. The summed E-state index contributed by atoms with van der Waals surface area (Å²) in [5.41, 5.74) is 2.07. The number of hydrogen-bond donors (Lipinski definition) is 4. The number of aliphatic hydroxyl groups excluding tert-OH is 3. The second-order valence-electron chi connectivity index (χ2n) is 7.96. The Balaban J connectivity index is 2.16. The van der Waals surface area contributed by atoms with E-state index in [0.29, 0.717) is 23.1 Å². The van der Waals surface area contributed by atoms with E-state index in [1.807, 2.05) is 36.4 Å². The zero-order chi connectivity index (χ0) is 24.9. The summed E-state index contributed by atoms with van der Waals surface area (Å²) in [7, 11) is 0. The van der Waals surface area contributed by atoms with E-state index in [9.17, 15) is 23.4 Å². The SMILES string of the molecule is CCc1cc(/C(O)=C(\O)c2cccc(-c3ccccc3)c2C)c(C(F)(F)F)cc1CNCCO. The van der Waals surface area contributed by atoms with Crippen molar-refractivity contribution in [1.82, 2.24) is 5.32 Å². The van der Waals surface area contributed by atoms with Gasteiger partial charge in [-0.3, -0.25) is 0 Å². The lowest BCUT2D eigenvalue weighted by molar-refractivity contribution is -0.138. The molecule has 0 spiro atoms. The summed E-state index contributed by atoms with van der Waals surface area (Å²) >= 11 is 0. The topological polar surface area (TPSA) is 72.7 Å². The van der Waals surface area contributed by atoms with Gasteiger partial charge in [-0.1, -0.05) is 55.5 Å². The molecule has 3 rings (SSSR count). The van der Waals surface area contributed by atoms with E-state index in [1.54, 1.807) is 26.0 Å². The lowest BCUT2D eigenvalue weighted by Gasteiger charge is -2.19. The van der Waals surface area contributed by atoms with Crippen LogP contribution in [0.2, 0.25) is 0 Å². The van der Waals surface area contributed by atoms with Crippen LogP contribution in [0, 0.1) is 6.92 Å². The third-order valence-electron chi connectivity index (χ3n) is 5.78. The molecule has 4 N–H and O–H groups in total. The summed E-state index contributed by atoms with van der Waals surface area (Å²) in [4.78, 5) is 0. The first-order valence-corrected chi connectivity index (χ1v) is 11.0. The molecule has 0 aliphatic carbocycles. The Hall–Kier alpha value is -3.29. The molecule has 0 bridgehead atoms. The van der Waals surface area contributed by atoms with Crippen molar-refractivity contribution in [2.75, 3.05) is 13.2 Å². The molecule has 0 saturated heterocycles. The fourth-order valence-electron chi connectivity index (χ4n) is 3.99. The summed E-state index contributed by atoms with van der Waals surface area (Å²) in [5, 5.41) is 33.6. The molecule has 3 aromatic rings. The highest BCUT2D eigenvalue weighted by atomic mass is 19.4. The fourth-order valence-corrected chi connectivity index (χ4v) is 3.99. The minimum Gasteiger partial charge on any atom is -0.504 e. The Kier molecular flexibility index (Phi) is 8.02. The summed E-state index contributed by atoms with van der Waals surface area (Å²) in [6.07, 6.45) is -4.32. The van der Waals surface area contributed by atoms with Gasteiger partial charge in [-0.15, -0.1) is 0 Å². The maximum atomic E-state index is 14.0. The summed E-state index contributed by atoms with van der Waals surface area (Å²) < 4.78 is 41.9. The molecule has 0 heterocycles. The number of halogens is 3. The Labute approximate surface area is 197 Å². The molecule has 0 radical (unpaired) electrons. The second-order valence-corrected chi connectivity index (χ2v) is 7.96. The standard InChI is InChI=1S/C27H28F3NO3/c1-3-18-14-23(24(27(28,29)30)15-20(18)16-31-12-13-32)26(34)25(33)22-11-7-10-21(17(22)2)19-8-5-4-6-9-19/h4-11,14-15,31-34H,3,12-13,16H2,1-2H3/b26-25+. The highest BCUT2D eigenvalue weighted by molar-refractivity contribution is 5.87. The van der Waals surface area contributed by atoms with Crippen LogP contribution in [0.15, 0.2) is 60.7 Å². The van der Waals surface area contributed by atoms with Crippen molar-refractivity contribution in [1.29, 1.82) is 0 Å². The molecule has 180 valence electrons. The summed E-state index contributed by atoms with van der Waals surface area (Å²) in [6.45, 7) is 3.80. The van der Waals surface area contributed by atoms with Crippen LogP contribution < -0.4 is 5.32 Å². The van der Waals surface area contributed by atoms with Crippen molar-refractivity contribution in [3.63, 3.8) is 0 Å². The van der Waals surface area contributed by atoms with Gasteiger partial charge in [-0.25, -0.2) is 0 Å². The van der Waals surface area contributed by atoms with Gasteiger partial charge in [0.25, 0.3) is 0 Å². The Morgan fingerprint density at radius 1 is 0.882 bits per heavy atom. The van der Waals surface area contributed by atoms with Gasteiger partial charge in [0.1, 0.15) is 0 Å². The lowest BCUT2D eigenvalue weighted by Crippen LogP contribution is -2.20. The molecule has 0 aliphatic heterocycles. The molecule has 0 amide bonds. The van der Waals surface area contributed by atoms with E-state index in [0.717, 1.165) is 17.2 Å². The van der Waals surface area contributed by atoms with E-state index >= 15 is 0 Å². The van der Waals surface area contributed by atoms with Crippen LogP contribution in [0.4, 0.5) is 13.2 Å². The third kappa shape index (κ3) is 5.43. The van der Waals surface area contributed by atoms with Crippen LogP contribution in [-0.4, -0.2) is 28.5 Å². The van der Waals surface area contributed by atoms with E-state index in [-0.39, 0.29) is 25.3 Å². The predicted molar refractivity (Wildman–Crippen MR) is 128 cm³/mol. The van der Waals surface area contributed by atoms with E-state index in [1.165, 1.54) is 6.07 Å². The maximum Gasteiger partial charge on any atom is 0.417 e. The molecular weight excluding hydrogens is 443 g/mol. The smallest absolute Gasteiger partial charge is 0.417 e. The van der Waals surface area contributed by atoms with Crippen LogP contribution in [0.1, 0.15) is 40.3 Å². The molecule has 7 heteroatoms. The van der Waals surface area contributed by atoms with Crippen molar-refractivity contribution in [3.8, 4) is 11.1 Å². The monoisotopic (exact) mass is 471 g/mol. The highest BCUT2D eigenvalue weighted by Crippen LogP contribution is 2.39. The minimum absolute atomic E-state index is 0.134. The second kappa shape index (κ2) is 10.8. The van der Waals surface area contributed by atoms with E-state index in [4.69, 9.17) is 5.11 Å². The Morgan fingerprint density at radius 3 is 2.18 bits per heavy atom. The lowest BCUT2D eigenvalue weighted by atomic mass is 9.92. The Morgan fingerprint density at radius 2 is 1.56 bits per heavy atom. The van der Waals surface area contributed by atoms with Crippen molar-refractivity contribution < 1.29 is 28.5 Å². The van der Waals surface area contributed by atoms with Crippen LogP contribution in [0.5, 0.6) is 0 Å². The van der Waals surface area contributed by atoms with Gasteiger partial charge >= 0.3 is 6.18 Å². The molecule has 4 nitrogen and oxygen atoms in total. The molecule has 0 atom stereocenters. The van der Waals surface area contributed by atoms with Gasteiger partial charge < -0.3 is 20.6 Å². The summed E-state index contributed by atoms with van der Waals surface area (Å²) in [6, 6.07) is 16.8. The van der Waals surface area contributed by atoms with Crippen LogP contribution in [-0.2, 0) is 19.1 Å². The molecule has 0 saturated carbocycles. The molecule has 0 fully saturated rings. The first-order chi connectivity index (χ1) is 16.2. The molecule has 0 unspecified atom stereocenters. The molecule has 0 aliphatic rings. The summed E-state index contributed by atoms with van der Waals surface area (Å²) in [5.74, 6) is -1.45. The number of alkyl halides is 3. The molecule has 3 aromatic carbocycles. The number of aliphatic hydroxyl groups is 3. The Bertz CT molecular complexity index is 1170. The fraction of sp³-hybridized carbons (Fsp3) is 0.259. The van der Waals surface area contributed by atoms with Gasteiger partial charge in [0.2, 0.25) is 0 Å². The number of benzene rings is 3. The predicted octanol–water partition coefficient (Wildman–Crippen LogP) is 6.27. The van der Waals surface area contributed by atoms with Crippen LogP contribution in [0.25, 0.3) is 22.6 Å². The largest absolute Gasteiger partial charge is 0.504 e. The van der Waals surface area contributed by atoms with Gasteiger partial charge in [-0.05, 0) is 53.3 Å².